The maximum Gasteiger partial charge on any atom is 0.268 e. The minimum absolute atomic E-state index is 0.147. The monoisotopic (exact) mass is 286 g/mol. The number of furan rings is 1. The van der Waals surface area contributed by atoms with Crippen LogP contribution in [-0.2, 0) is 13.5 Å². The van der Waals surface area contributed by atoms with E-state index < -0.39 is 0 Å². The van der Waals surface area contributed by atoms with E-state index >= 15 is 0 Å². The second-order valence-corrected chi connectivity index (χ2v) is 4.89. The third-order valence-electron chi connectivity index (χ3n) is 3.51. The lowest BCUT2D eigenvalue weighted by atomic mass is 10.1. The van der Waals surface area contributed by atoms with Crippen LogP contribution >= 0.6 is 0 Å². The molecule has 1 aromatic carbocycles. The van der Waals surface area contributed by atoms with Crippen LogP contribution in [0.25, 0.3) is 11.1 Å². The van der Waals surface area contributed by atoms with Crippen molar-refractivity contribution < 1.29 is 13.6 Å². The molecular formula is C16H15FN2O2. The summed E-state index contributed by atoms with van der Waals surface area (Å²) in [5.74, 6) is -0.403. The lowest BCUT2D eigenvalue weighted by Gasteiger charge is -2.06. The number of hydrogen-bond donors (Lipinski definition) is 1. The standard InChI is InChI=1S/C16H15FN2O2/c1-19-13-7-9-21-15(13)10-14(19)16(20)18-8-6-11-2-4-12(17)5-3-11/h2-5,7,9-10H,6,8H2,1H3,(H,18,20). The molecule has 0 atom stereocenters. The van der Waals surface area contributed by atoms with Gasteiger partial charge in [-0.1, -0.05) is 12.1 Å². The minimum atomic E-state index is -0.255. The van der Waals surface area contributed by atoms with E-state index in [1.165, 1.54) is 12.1 Å². The molecule has 0 spiro atoms. The summed E-state index contributed by atoms with van der Waals surface area (Å²) < 4.78 is 19.9. The first-order chi connectivity index (χ1) is 10.1. The Hall–Kier alpha value is -2.56. The highest BCUT2D eigenvalue weighted by atomic mass is 19.1. The van der Waals surface area contributed by atoms with E-state index in [2.05, 4.69) is 5.32 Å². The smallest absolute Gasteiger partial charge is 0.268 e. The van der Waals surface area contributed by atoms with Crippen molar-refractivity contribution >= 4 is 17.0 Å². The zero-order valence-electron chi connectivity index (χ0n) is 11.6. The first-order valence-corrected chi connectivity index (χ1v) is 6.71. The Morgan fingerprint density at radius 3 is 2.76 bits per heavy atom. The number of carbonyl (C=O) groups is 1. The van der Waals surface area contributed by atoms with Gasteiger partial charge in [0.2, 0.25) is 0 Å². The second kappa shape index (κ2) is 5.44. The van der Waals surface area contributed by atoms with E-state index in [9.17, 15) is 9.18 Å². The number of hydrogen-bond acceptors (Lipinski definition) is 2. The summed E-state index contributed by atoms with van der Waals surface area (Å²) in [6, 6.07) is 9.83. The molecule has 0 saturated heterocycles. The third kappa shape index (κ3) is 2.67. The number of carbonyl (C=O) groups excluding carboxylic acids is 1. The average molecular weight is 286 g/mol. The van der Waals surface area contributed by atoms with Crippen LogP contribution in [0.4, 0.5) is 4.39 Å². The molecule has 2 aromatic heterocycles. The van der Waals surface area contributed by atoms with E-state index in [0.717, 1.165) is 11.1 Å². The van der Waals surface area contributed by atoms with Crippen LogP contribution in [0.2, 0.25) is 0 Å². The second-order valence-electron chi connectivity index (χ2n) is 4.89. The number of fused-ring (bicyclic) bond motifs is 1. The number of nitrogens with zero attached hydrogens (tertiary/aromatic N) is 1. The predicted octanol–water partition coefficient (Wildman–Crippen LogP) is 2.88. The van der Waals surface area contributed by atoms with Gasteiger partial charge in [-0.05, 0) is 24.1 Å². The molecule has 0 aliphatic rings. The molecule has 2 heterocycles. The van der Waals surface area contributed by atoms with E-state index in [0.29, 0.717) is 24.2 Å². The maximum absolute atomic E-state index is 12.8. The Morgan fingerprint density at radius 1 is 1.29 bits per heavy atom. The third-order valence-corrected chi connectivity index (χ3v) is 3.51. The SMILES string of the molecule is Cn1c(C(=O)NCCc2ccc(F)cc2)cc2occc21. The Bertz CT molecular complexity index is 771. The van der Waals surface area contributed by atoms with Gasteiger partial charge < -0.3 is 14.3 Å². The molecule has 1 N–H and O–H groups in total. The Labute approximate surface area is 121 Å². The molecule has 1 amide bonds. The van der Waals surface area contributed by atoms with Crippen LogP contribution in [-0.4, -0.2) is 17.0 Å². The number of aryl methyl sites for hydroxylation is 1. The molecule has 0 saturated carbocycles. The van der Waals surface area contributed by atoms with Gasteiger partial charge in [0.05, 0.1) is 11.8 Å². The molecule has 4 nitrogen and oxygen atoms in total. The highest BCUT2D eigenvalue weighted by Crippen LogP contribution is 2.19. The predicted molar refractivity (Wildman–Crippen MR) is 77.6 cm³/mol. The highest BCUT2D eigenvalue weighted by Gasteiger charge is 2.14. The lowest BCUT2D eigenvalue weighted by molar-refractivity contribution is 0.0946. The van der Waals surface area contributed by atoms with Gasteiger partial charge in [-0.15, -0.1) is 0 Å². The number of halogens is 1. The molecule has 0 unspecified atom stereocenters. The molecule has 0 aliphatic carbocycles. The number of aromatic nitrogens is 1. The van der Waals surface area contributed by atoms with Gasteiger partial charge in [0.1, 0.15) is 11.5 Å². The maximum atomic E-state index is 12.8. The van der Waals surface area contributed by atoms with Gasteiger partial charge in [0.15, 0.2) is 5.58 Å². The van der Waals surface area contributed by atoms with Crippen LogP contribution in [0.15, 0.2) is 47.1 Å². The fraction of sp³-hybridized carbons (Fsp3) is 0.188. The van der Waals surface area contributed by atoms with Crippen molar-refractivity contribution in [3.05, 3.63) is 59.7 Å². The van der Waals surface area contributed by atoms with Crippen molar-refractivity contribution in [1.29, 1.82) is 0 Å². The van der Waals surface area contributed by atoms with E-state index in [4.69, 9.17) is 4.42 Å². The first-order valence-electron chi connectivity index (χ1n) is 6.71. The molecule has 5 heteroatoms. The zero-order valence-corrected chi connectivity index (χ0v) is 11.6. The number of rotatable bonds is 4. The summed E-state index contributed by atoms with van der Waals surface area (Å²) in [4.78, 5) is 12.1. The minimum Gasteiger partial charge on any atom is -0.463 e. The van der Waals surface area contributed by atoms with Crippen molar-refractivity contribution in [3.63, 3.8) is 0 Å². The Balaban J connectivity index is 1.62. The van der Waals surface area contributed by atoms with Crippen LogP contribution in [0, 0.1) is 5.82 Å². The quantitative estimate of drug-likeness (QED) is 0.801. The van der Waals surface area contributed by atoms with Crippen molar-refractivity contribution in [2.45, 2.75) is 6.42 Å². The summed E-state index contributed by atoms with van der Waals surface area (Å²) in [6.07, 6.45) is 2.26. The van der Waals surface area contributed by atoms with Gasteiger partial charge in [-0.3, -0.25) is 4.79 Å². The van der Waals surface area contributed by atoms with Gasteiger partial charge >= 0.3 is 0 Å². The number of nitrogens with one attached hydrogen (secondary N) is 1. The molecule has 0 aliphatic heterocycles. The average Bonchev–Trinajstić information content (AvgIpc) is 3.04. The Morgan fingerprint density at radius 2 is 2.05 bits per heavy atom. The zero-order chi connectivity index (χ0) is 14.8. The van der Waals surface area contributed by atoms with Gasteiger partial charge in [-0.25, -0.2) is 4.39 Å². The van der Waals surface area contributed by atoms with Gasteiger partial charge in [-0.2, -0.15) is 0 Å². The van der Waals surface area contributed by atoms with Gasteiger partial charge in [0.25, 0.3) is 5.91 Å². The lowest BCUT2D eigenvalue weighted by Crippen LogP contribution is -2.27. The van der Waals surface area contributed by atoms with Crippen molar-refractivity contribution in [2.24, 2.45) is 7.05 Å². The van der Waals surface area contributed by atoms with Crippen molar-refractivity contribution in [2.75, 3.05) is 6.54 Å². The fourth-order valence-electron chi connectivity index (χ4n) is 2.33. The molecule has 0 radical (unpaired) electrons. The van der Waals surface area contributed by atoms with Crippen molar-refractivity contribution in [1.82, 2.24) is 9.88 Å². The van der Waals surface area contributed by atoms with Gasteiger partial charge in [0, 0.05) is 25.7 Å². The van der Waals surface area contributed by atoms with Crippen LogP contribution in [0.5, 0.6) is 0 Å². The van der Waals surface area contributed by atoms with Crippen molar-refractivity contribution in [3.8, 4) is 0 Å². The molecule has 3 aromatic rings. The summed E-state index contributed by atoms with van der Waals surface area (Å²) in [6.45, 7) is 0.497. The summed E-state index contributed by atoms with van der Waals surface area (Å²) >= 11 is 0. The van der Waals surface area contributed by atoms with E-state index in [1.54, 1.807) is 29.0 Å². The Kier molecular flexibility index (Phi) is 3.48. The number of amides is 1. The fourth-order valence-corrected chi connectivity index (χ4v) is 2.33. The first kappa shape index (κ1) is 13.4. The number of benzene rings is 1. The summed E-state index contributed by atoms with van der Waals surface area (Å²) in [7, 11) is 1.83. The van der Waals surface area contributed by atoms with E-state index in [1.807, 2.05) is 13.1 Å². The highest BCUT2D eigenvalue weighted by molar-refractivity contribution is 5.97. The van der Waals surface area contributed by atoms with Crippen LogP contribution in [0.3, 0.4) is 0 Å². The normalized spacial score (nSPS) is 11.0. The summed E-state index contributed by atoms with van der Waals surface area (Å²) in [5, 5.41) is 2.86. The summed E-state index contributed by atoms with van der Waals surface area (Å²) in [5.41, 5.74) is 3.13. The van der Waals surface area contributed by atoms with Crippen LogP contribution < -0.4 is 5.32 Å². The molecule has 21 heavy (non-hydrogen) atoms. The topological polar surface area (TPSA) is 47.2 Å². The molecule has 0 fully saturated rings. The molecule has 0 bridgehead atoms. The molecule has 3 rings (SSSR count). The largest absolute Gasteiger partial charge is 0.463 e. The van der Waals surface area contributed by atoms with E-state index in [-0.39, 0.29) is 11.7 Å². The van der Waals surface area contributed by atoms with Crippen LogP contribution in [0.1, 0.15) is 16.1 Å². The molecule has 108 valence electrons. The molecular weight excluding hydrogens is 271 g/mol.